The topological polar surface area (TPSA) is 17.1 Å². The molecule has 0 aliphatic carbocycles. The third-order valence-corrected chi connectivity index (χ3v) is 8.88. The van der Waals surface area contributed by atoms with Crippen LogP contribution in [0.25, 0.3) is 0 Å². The molecular weight excluding hydrogens is 531 g/mol. The van der Waals surface area contributed by atoms with Crippen molar-refractivity contribution in [3.05, 3.63) is 97.9 Å². The number of ketones is 1. The van der Waals surface area contributed by atoms with Crippen molar-refractivity contribution in [2.45, 2.75) is 19.8 Å². The van der Waals surface area contributed by atoms with E-state index in [1.165, 1.54) is 15.9 Å². The molecule has 3 heteroatoms. The Morgan fingerprint density at radius 1 is 0.821 bits per heavy atom. The standard InChI is InChI=1S/C25H26OP.W/c1-3-21(2)19-22(26)20-27(23-13-7-4-8-14-23,24-15-9-5-10-16-24)25-17-11-6-12-18-25;/h4-18,20-21H,1,3,19H2,2H3;/q-1;/t21-;/m0./s1. The summed E-state index contributed by atoms with van der Waals surface area (Å²) in [6, 6.07) is 31.4. The molecule has 0 unspecified atom stereocenters. The van der Waals surface area contributed by atoms with Gasteiger partial charge in [0.05, 0.1) is 0 Å². The molecule has 28 heavy (non-hydrogen) atoms. The summed E-state index contributed by atoms with van der Waals surface area (Å²) in [4.78, 5) is 13.1. The van der Waals surface area contributed by atoms with E-state index in [-0.39, 0.29) is 32.8 Å². The first-order valence-electron chi connectivity index (χ1n) is 9.40. The molecule has 0 radical (unpaired) electrons. The normalized spacial score (nSPS) is 11.9. The van der Waals surface area contributed by atoms with Crippen molar-refractivity contribution < 1.29 is 25.9 Å². The van der Waals surface area contributed by atoms with E-state index in [4.69, 9.17) is 0 Å². The molecule has 144 valence electrons. The van der Waals surface area contributed by atoms with E-state index in [2.05, 4.69) is 86.6 Å². The van der Waals surface area contributed by atoms with Crippen LogP contribution in [-0.4, -0.2) is 11.6 Å². The third-order valence-electron chi connectivity index (χ3n) is 4.87. The molecule has 0 N–H and O–H groups in total. The summed E-state index contributed by atoms with van der Waals surface area (Å²) in [7, 11) is 0. The molecule has 3 aromatic carbocycles. The van der Waals surface area contributed by atoms with E-state index in [0.29, 0.717) is 6.42 Å². The summed E-state index contributed by atoms with van der Waals surface area (Å²) < 4.78 is 0. The van der Waals surface area contributed by atoms with Crippen molar-refractivity contribution in [2.75, 3.05) is 0 Å². The van der Waals surface area contributed by atoms with Crippen LogP contribution in [0.2, 0.25) is 0 Å². The van der Waals surface area contributed by atoms with E-state index in [0.717, 1.165) is 6.42 Å². The van der Waals surface area contributed by atoms with Crippen LogP contribution < -0.4 is 15.9 Å². The predicted octanol–water partition coefficient (Wildman–Crippen LogP) is 4.60. The Morgan fingerprint density at radius 2 is 1.18 bits per heavy atom. The van der Waals surface area contributed by atoms with Crippen LogP contribution in [-0.2, 0) is 25.9 Å². The molecule has 1 atom stereocenters. The minimum Gasteiger partial charge on any atom is -0.343 e. The van der Waals surface area contributed by atoms with Gasteiger partial charge in [-0.05, 0) is 28.6 Å². The zero-order chi connectivity index (χ0) is 19.1. The van der Waals surface area contributed by atoms with Crippen molar-refractivity contribution in [1.82, 2.24) is 0 Å². The second kappa shape index (κ2) is 10.8. The minimum atomic E-state index is -2.17. The van der Waals surface area contributed by atoms with Crippen LogP contribution >= 0.6 is 6.89 Å². The van der Waals surface area contributed by atoms with Crippen LogP contribution in [0, 0.1) is 12.8 Å². The van der Waals surface area contributed by atoms with Gasteiger partial charge in [0.15, 0.2) is 5.78 Å². The summed E-state index contributed by atoms with van der Waals surface area (Å²) in [5.41, 5.74) is 0. The number of rotatable bonds is 7. The Hall–Kier alpha value is -1.68. The van der Waals surface area contributed by atoms with E-state index >= 15 is 0 Å². The maximum Gasteiger partial charge on any atom is 0.156 e. The second-order valence-electron chi connectivity index (χ2n) is 6.92. The van der Waals surface area contributed by atoms with Crippen LogP contribution in [0.15, 0.2) is 91.0 Å². The van der Waals surface area contributed by atoms with Gasteiger partial charge in [0.25, 0.3) is 0 Å². The number of Topliss-reactive ketones (excluding diaryl/α,β-unsaturated/α-hetero) is 1. The largest absolute Gasteiger partial charge is 0.343 e. The fourth-order valence-electron chi connectivity index (χ4n) is 3.37. The number of carbonyl (C=O) groups excluding carboxylic acids is 1. The predicted molar refractivity (Wildman–Crippen MR) is 120 cm³/mol. The van der Waals surface area contributed by atoms with Gasteiger partial charge in [-0.2, -0.15) is 6.42 Å². The van der Waals surface area contributed by atoms with Gasteiger partial charge in [-0.25, -0.2) is 0 Å². The van der Waals surface area contributed by atoms with Crippen molar-refractivity contribution in [3.63, 3.8) is 0 Å². The van der Waals surface area contributed by atoms with Gasteiger partial charge in [0, 0.05) is 27.5 Å². The van der Waals surface area contributed by atoms with Gasteiger partial charge in [-0.3, -0.25) is 4.79 Å². The maximum absolute atomic E-state index is 13.1. The van der Waals surface area contributed by atoms with Crippen LogP contribution in [0.5, 0.6) is 0 Å². The van der Waals surface area contributed by atoms with E-state index in [9.17, 15) is 4.79 Å². The van der Waals surface area contributed by atoms with Gasteiger partial charge >= 0.3 is 0 Å². The fraction of sp³-hybridized carbons (Fsp3) is 0.160. The molecule has 3 rings (SSSR count). The average Bonchev–Trinajstić information content (AvgIpc) is 2.74. The summed E-state index contributed by atoms with van der Waals surface area (Å²) in [5.74, 6) is 2.52. The number of benzene rings is 3. The first kappa shape index (κ1) is 22.6. The Morgan fingerprint density at radius 3 is 1.50 bits per heavy atom. The third kappa shape index (κ3) is 5.02. The SMILES string of the molecule is [CH2-]C[C@H](C)CC(=O)C=P(c1ccccc1)(c1ccccc1)c1ccccc1.[W]. The molecule has 0 aromatic heterocycles. The smallest absolute Gasteiger partial charge is 0.156 e. The fourth-order valence-corrected chi connectivity index (χ4v) is 7.18. The van der Waals surface area contributed by atoms with Crippen LogP contribution in [0.4, 0.5) is 0 Å². The Bertz CT molecular complexity index is 817. The molecule has 0 fully saturated rings. The summed E-state index contributed by atoms with van der Waals surface area (Å²) in [6.07, 6.45) is 1.31. The van der Waals surface area contributed by atoms with Gasteiger partial charge in [0.2, 0.25) is 0 Å². The van der Waals surface area contributed by atoms with Crippen molar-refractivity contribution in [3.8, 4) is 0 Å². The summed E-state index contributed by atoms with van der Waals surface area (Å²) >= 11 is 0. The monoisotopic (exact) mass is 557 g/mol. The van der Waals surface area contributed by atoms with Crippen molar-refractivity contribution >= 4 is 34.4 Å². The van der Waals surface area contributed by atoms with Crippen LogP contribution in [0.3, 0.4) is 0 Å². The zero-order valence-electron chi connectivity index (χ0n) is 16.2. The van der Waals surface area contributed by atoms with E-state index < -0.39 is 6.89 Å². The summed E-state index contributed by atoms with van der Waals surface area (Å²) in [6.45, 7) is 3.87. The maximum atomic E-state index is 13.1. The van der Waals surface area contributed by atoms with Crippen LogP contribution in [0.1, 0.15) is 19.8 Å². The Balaban J connectivity index is 0.00000280. The molecule has 0 spiro atoms. The first-order chi connectivity index (χ1) is 13.2. The van der Waals surface area contributed by atoms with E-state index in [1.54, 1.807) is 0 Å². The number of hydrogen-bond donors (Lipinski definition) is 0. The number of carbonyl (C=O) groups is 1. The number of hydrogen-bond acceptors (Lipinski definition) is 1. The average molecular weight is 557 g/mol. The quantitative estimate of drug-likeness (QED) is 0.307. The van der Waals surface area contributed by atoms with Gasteiger partial charge in [-0.15, -0.1) is 0 Å². The molecule has 0 aliphatic heterocycles. The molecule has 0 bridgehead atoms. The molecule has 0 heterocycles. The minimum absolute atomic E-state index is 0. The molecule has 3 aromatic rings. The summed E-state index contributed by atoms with van der Waals surface area (Å²) in [5, 5.41) is 3.62. The Kier molecular flexibility index (Phi) is 8.68. The molecule has 0 amide bonds. The molecule has 0 saturated heterocycles. The van der Waals surface area contributed by atoms with Crippen molar-refractivity contribution in [2.24, 2.45) is 5.92 Å². The van der Waals surface area contributed by atoms with Gasteiger partial charge in [0.1, 0.15) is 0 Å². The Labute approximate surface area is 183 Å². The van der Waals surface area contributed by atoms with Gasteiger partial charge in [-0.1, -0.05) is 104 Å². The molecule has 1 nitrogen and oxygen atoms in total. The van der Waals surface area contributed by atoms with Gasteiger partial charge < -0.3 is 6.92 Å². The van der Waals surface area contributed by atoms with Crippen molar-refractivity contribution in [1.29, 1.82) is 0 Å². The second-order valence-corrected chi connectivity index (χ2v) is 10.2. The molecule has 0 saturated carbocycles. The first-order valence-corrected chi connectivity index (χ1v) is 11.3. The molecule has 0 aliphatic rings. The zero-order valence-corrected chi connectivity index (χ0v) is 20.0. The molecular formula is C25H26OPW-. The van der Waals surface area contributed by atoms with E-state index in [1.807, 2.05) is 24.0 Å².